The van der Waals surface area contributed by atoms with Gasteiger partial charge >= 0.3 is 0 Å². The number of carbonyl (C=O) groups excluding carboxylic acids is 1. The first-order valence-electron chi connectivity index (χ1n) is 6.29. The third-order valence-corrected chi connectivity index (χ3v) is 3.82. The minimum Gasteiger partial charge on any atom is -0.396 e. The van der Waals surface area contributed by atoms with Crippen LogP contribution in [0.4, 0.5) is 10.1 Å². The molecule has 0 radical (unpaired) electrons. The zero-order valence-corrected chi connectivity index (χ0v) is 11.9. The van der Waals surface area contributed by atoms with Gasteiger partial charge in [0.05, 0.1) is 23.9 Å². The molecule has 1 fully saturated rings. The Balaban J connectivity index is 2.24. The van der Waals surface area contributed by atoms with E-state index in [9.17, 15) is 14.3 Å². The van der Waals surface area contributed by atoms with Crippen LogP contribution >= 0.6 is 11.6 Å². The summed E-state index contributed by atoms with van der Waals surface area (Å²) in [6.45, 7) is 1.47. The van der Waals surface area contributed by atoms with Crippen molar-refractivity contribution in [3.05, 3.63) is 28.5 Å². The fourth-order valence-corrected chi connectivity index (χ4v) is 2.46. The van der Waals surface area contributed by atoms with E-state index in [1.54, 1.807) is 4.90 Å². The van der Waals surface area contributed by atoms with E-state index in [1.165, 1.54) is 6.07 Å². The lowest BCUT2D eigenvalue weighted by molar-refractivity contribution is 0.0421. The molecule has 1 aromatic carbocycles. The second kappa shape index (κ2) is 5.95. The molecule has 1 aliphatic rings. The second-order valence-corrected chi connectivity index (χ2v) is 5.35. The fraction of sp³-hybridized carbons (Fsp3) is 0.462. The van der Waals surface area contributed by atoms with Crippen molar-refractivity contribution in [1.82, 2.24) is 9.80 Å². The lowest BCUT2D eigenvalue weighted by Crippen LogP contribution is -2.54. The average molecular weight is 302 g/mol. The van der Waals surface area contributed by atoms with E-state index in [0.717, 1.165) is 6.07 Å². The lowest BCUT2D eigenvalue weighted by Gasteiger charge is -2.38. The standard InChI is InChI=1S/C13H17ClFN3O2/c1-17-2-3-18(6-9(17)7-19)13(20)10-4-8(14)5-11(15)12(10)16/h4-5,9,19H,2-3,6-7,16H2,1H3. The molecular formula is C13H17ClFN3O2. The first-order valence-corrected chi connectivity index (χ1v) is 6.66. The van der Waals surface area contributed by atoms with Crippen molar-refractivity contribution in [2.75, 3.05) is 39.0 Å². The average Bonchev–Trinajstić information content (AvgIpc) is 2.42. The Hall–Kier alpha value is -1.37. The molecule has 1 saturated heterocycles. The van der Waals surface area contributed by atoms with E-state index in [0.29, 0.717) is 19.6 Å². The van der Waals surface area contributed by atoms with Crippen molar-refractivity contribution < 1.29 is 14.3 Å². The highest BCUT2D eigenvalue weighted by Gasteiger charge is 2.28. The van der Waals surface area contributed by atoms with Crippen molar-refractivity contribution in [3.8, 4) is 0 Å². The van der Waals surface area contributed by atoms with E-state index in [2.05, 4.69) is 0 Å². The molecule has 1 atom stereocenters. The van der Waals surface area contributed by atoms with Crippen LogP contribution in [0.15, 0.2) is 12.1 Å². The molecule has 110 valence electrons. The van der Waals surface area contributed by atoms with Gasteiger partial charge in [0.25, 0.3) is 5.91 Å². The van der Waals surface area contributed by atoms with E-state index in [4.69, 9.17) is 17.3 Å². The summed E-state index contributed by atoms with van der Waals surface area (Å²) < 4.78 is 13.5. The second-order valence-electron chi connectivity index (χ2n) is 4.92. The Kier molecular flexibility index (Phi) is 4.47. The molecule has 0 bridgehead atoms. The maximum atomic E-state index is 13.5. The van der Waals surface area contributed by atoms with Gasteiger partial charge in [0.2, 0.25) is 0 Å². The van der Waals surface area contributed by atoms with Crippen LogP contribution in [0.1, 0.15) is 10.4 Å². The van der Waals surface area contributed by atoms with Crippen LogP contribution in [0.25, 0.3) is 0 Å². The van der Waals surface area contributed by atoms with Gasteiger partial charge in [-0.1, -0.05) is 11.6 Å². The van der Waals surface area contributed by atoms with E-state index in [1.807, 2.05) is 11.9 Å². The molecule has 0 spiro atoms. The summed E-state index contributed by atoms with van der Waals surface area (Å²) in [5, 5.41) is 9.42. The predicted molar refractivity (Wildman–Crippen MR) is 75.2 cm³/mol. The summed E-state index contributed by atoms with van der Waals surface area (Å²) in [6, 6.07) is 2.32. The van der Waals surface area contributed by atoms with Crippen LogP contribution in [0.3, 0.4) is 0 Å². The first-order chi connectivity index (χ1) is 9.43. The summed E-state index contributed by atoms with van der Waals surface area (Å²) >= 11 is 5.77. The molecule has 3 N–H and O–H groups in total. The highest BCUT2D eigenvalue weighted by molar-refractivity contribution is 6.31. The van der Waals surface area contributed by atoms with E-state index in [-0.39, 0.29) is 34.8 Å². The predicted octanol–water partition coefficient (Wildman–Crippen LogP) is 0.810. The number of benzene rings is 1. The minimum absolute atomic E-state index is 0.0420. The number of carbonyl (C=O) groups is 1. The molecule has 1 amide bonds. The van der Waals surface area contributed by atoms with Gasteiger partial charge in [-0.3, -0.25) is 9.69 Å². The Morgan fingerprint density at radius 2 is 2.25 bits per heavy atom. The molecular weight excluding hydrogens is 285 g/mol. The molecule has 0 aliphatic carbocycles. The number of halogens is 2. The van der Waals surface area contributed by atoms with Crippen molar-refractivity contribution in [1.29, 1.82) is 0 Å². The van der Waals surface area contributed by atoms with Gasteiger partial charge < -0.3 is 15.7 Å². The number of likely N-dealkylation sites (N-methyl/N-ethyl adjacent to an activating group) is 1. The molecule has 20 heavy (non-hydrogen) atoms. The number of anilines is 1. The smallest absolute Gasteiger partial charge is 0.256 e. The van der Waals surface area contributed by atoms with Crippen molar-refractivity contribution in [2.24, 2.45) is 0 Å². The van der Waals surface area contributed by atoms with Gasteiger partial charge in [-0.2, -0.15) is 0 Å². The number of rotatable bonds is 2. The summed E-state index contributed by atoms with van der Waals surface area (Å²) in [7, 11) is 1.89. The van der Waals surface area contributed by atoms with E-state index < -0.39 is 5.82 Å². The third kappa shape index (κ3) is 2.87. The van der Waals surface area contributed by atoms with Gasteiger partial charge in [-0.05, 0) is 19.2 Å². The topological polar surface area (TPSA) is 69.8 Å². The van der Waals surface area contributed by atoms with Gasteiger partial charge in [-0.15, -0.1) is 0 Å². The van der Waals surface area contributed by atoms with Crippen molar-refractivity contribution in [2.45, 2.75) is 6.04 Å². The van der Waals surface area contributed by atoms with Gasteiger partial charge in [0.1, 0.15) is 5.82 Å². The highest BCUT2D eigenvalue weighted by Crippen LogP contribution is 2.24. The number of nitrogens with two attached hydrogens (primary N) is 1. The maximum absolute atomic E-state index is 13.5. The van der Waals surface area contributed by atoms with Crippen LogP contribution in [0, 0.1) is 5.82 Å². The number of hydrogen-bond acceptors (Lipinski definition) is 4. The zero-order chi connectivity index (χ0) is 14.9. The van der Waals surface area contributed by atoms with Gasteiger partial charge in [0, 0.05) is 24.7 Å². The Bertz CT molecular complexity index is 527. The molecule has 1 aromatic rings. The molecule has 1 unspecified atom stereocenters. The quantitative estimate of drug-likeness (QED) is 0.793. The largest absolute Gasteiger partial charge is 0.396 e. The van der Waals surface area contributed by atoms with Crippen molar-refractivity contribution in [3.63, 3.8) is 0 Å². The third-order valence-electron chi connectivity index (χ3n) is 3.60. The molecule has 1 heterocycles. The minimum atomic E-state index is -0.700. The SMILES string of the molecule is CN1CCN(C(=O)c2cc(Cl)cc(F)c2N)CC1CO. The molecule has 5 nitrogen and oxygen atoms in total. The summed E-state index contributed by atoms with van der Waals surface area (Å²) in [4.78, 5) is 15.9. The first kappa shape index (κ1) is 15.0. The Labute approximate surface area is 121 Å². The normalized spacial score (nSPS) is 20.2. The Morgan fingerprint density at radius 3 is 2.90 bits per heavy atom. The molecule has 0 aromatic heterocycles. The van der Waals surface area contributed by atoms with Gasteiger partial charge in [0.15, 0.2) is 0 Å². The van der Waals surface area contributed by atoms with Crippen LogP contribution < -0.4 is 5.73 Å². The summed E-state index contributed by atoms with van der Waals surface area (Å²) in [5.41, 5.74) is 5.48. The van der Waals surface area contributed by atoms with Crippen LogP contribution in [0.5, 0.6) is 0 Å². The zero-order valence-electron chi connectivity index (χ0n) is 11.1. The lowest BCUT2D eigenvalue weighted by atomic mass is 10.1. The Morgan fingerprint density at radius 1 is 1.55 bits per heavy atom. The fourth-order valence-electron chi connectivity index (χ4n) is 2.26. The maximum Gasteiger partial charge on any atom is 0.256 e. The van der Waals surface area contributed by atoms with E-state index >= 15 is 0 Å². The highest BCUT2D eigenvalue weighted by atomic mass is 35.5. The van der Waals surface area contributed by atoms with Crippen LogP contribution in [-0.4, -0.2) is 60.1 Å². The molecule has 1 aliphatic heterocycles. The molecule has 7 heteroatoms. The summed E-state index contributed by atoms with van der Waals surface area (Å²) in [6.07, 6.45) is 0. The molecule has 2 rings (SSSR count). The monoisotopic (exact) mass is 301 g/mol. The molecule has 0 saturated carbocycles. The number of aliphatic hydroxyl groups excluding tert-OH is 1. The van der Waals surface area contributed by atoms with Crippen molar-refractivity contribution >= 4 is 23.2 Å². The van der Waals surface area contributed by atoms with Crippen LogP contribution in [-0.2, 0) is 0 Å². The number of amides is 1. The van der Waals surface area contributed by atoms with Crippen LogP contribution in [0.2, 0.25) is 5.02 Å². The number of piperazine rings is 1. The number of hydrogen-bond donors (Lipinski definition) is 2. The number of nitrogens with zero attached hydrogens (tertiary/aromatic N) is 2. The number of nitrogen functional groups attached to an aromatic ring is 1. The number of aliphatic hydroxyl groups is 1. The van der Waals surface area contributed by atoms with Gasteiger partial charge in [-0.25, -0.2) is 4.39 Å². The summed E-state index contributed by atoms with van der Waals surface area (Å²) in [5.74, 6) is -1.07.